The van der Waals surface area contributed by atoms with Gasteiger partial charge in [0.15, 0.2) is 0 Å². The number of rotatable bonds is 2. The van der Waals surface area contributed by atoms with Gasteiger partial charge in [0.2, 0.25) is 5.91 Å². The summed E-state index contributed by atoms with van der Waals surface area (Å²) in [6.45, 7) is 1.17. The Morgan fingerprint density at radius 2 is 1.69 bits per heavy atom. The average molecular weight is 430 g/mol. The lowest BCUT2D eigenvalue weighted by atomic mass is 9.89. The smallest absolute Gasteiger partial charge is 0.255 e. The highest BCUT2D eigenvalue weighted by Gasteiger charge is 2.55. The van der Waals surface area contributed by atoms with Crippen molar-refractivity contribution in [2.75, 3.05) is 18.4 Å². The molecule has 1 aliphatic carbocycles. The number of carbonyl (C=O) groups is 2. The first-order valence-corrected chi connectivity index (χ1v) is 10.6. The highest BCUT2D eigenvalue weighted by molar-refractivity contribution is 6.35. The summed E-state index contributed by atoms with van der Waals surface area (Å²) in [6.07, 6.45) is 2.92. The lowest BCUT2D eigenvalue weighted by Crippen LogP contribution is -2.63. The highest BCUT2D eigenvalue weighted by atomic mass is 35.5. The van der Waals surface area contributed by atoms with Crippen molar-refractivity contribution in [1.82, 2.24) is 10.2 Å². The van der Waals surface area contributed by atoms with Gasteiger partial charge in [-0.15, -0.1) is 0 Å². The number of piperidine rings is 1. The van der Waals surface area contributed by atoms with E-state index < -0.39 is 11.1 Å². The molecule has 2 aromatic rings. The summed E-state index contributed by atoms with van der Waals surface area (Å²) in [5.41, 5.74) is 1.35. The quantitative estimate of drug-likeness (QED) is 0.751. The Morgan fingerprint density at radius 3 is 2.38 bits per heavy atom. The number of nitrogens with one attached hydrogen (secondary N) is 2. The molecule has 150 valence electrons. The van der Waals surface area contributed by atoms with E-state index >= 15 is 0 Å². The summed E-state index contributed by atoms with van der Waals surface area (Å²) in [4.78, 5) is 27.8. The number of fused-ring (bicyclic) bond motifs is 1. The van der Waals surface area contributed by atoms with Crippen LogP contribution < -0.4 is 10.6 Å². The fraction of sp³-hybridized carbons (Fsp3) is 0.364. The van der Waals surface area contributed by atoms with Crippen molar-refractivity contribution < 1.29 is 9.59 Å². The molecule has 2 heterocycles. The van der Waals surface area contributed by atoms with Gasteiger partial charge in [-0.05, 0) is 42.7 Å². The monoisotopic (exact) mass is 429 g/mol. The van der Waals surface area contributed by atoms with Crippen molar-refractivity contribution in [3.63, 3.8) is 0 Å². The van der Waals surface area contributed by atoms with Crippen LogP contribution in [0.4, 0.5) is 5.69 Å². The van der Waals surface area contributed by atoms with Gasteiger partial charge in [0.05, 0.1) is 11.0 Å². The summed E-state index contributed by atoms with van der Waals surface area (Å²) in [5, 5.41) is 7.74. The van der Waals surface area contributed by atoms with Crippen molar-refractivity contribution in [3.05, 3.63) is 63.6 Å². The number of nitrogens with zero attached hydrogens (tertiary/aromatic N) is 1. The molecule has 1 saturated heterocycles. The number of halogens is 2. The van der Waals surface area contributed by atoms with Gasteiger partial charge < -0.3 is 15.5 Å². The molecule has 5 rings (SSSR count). The molecule has 1 spiro atoms. The number of anilines is 1. The minimum Gasteiger partial charge on any atom is -0.362 e. The van der Waals surface area contributed by atoms with Crippen LogP contribution in [0.3, 0.4) is 0 Å². The zero-order chi connectivity index (χ0) is 20.2. The van der Waals surface area contributed by atoms with Crippen LogP contribution in [-0.2, 0) is 10.2 Å². The summed E-state index contributed by atoms with van der Waals surface area (Å²) < 4.78 is 0. The second-order valence-electron chi connectivity index (χ2n) is 8.21. The van der Waals surface area contributed by atoms with Gasteiger partial charge in [0.1, 0.15) is 5.66 Å². The highest BCUT2D eigenvalue weighted by Crippen LogP contribution is 2.52. The van der Waals surface area contributed by atoms with Crippen LogP contribution in [0, 0.1) is 0 Å². The number of likely N-dealkylation sites (tertiary alicyclic amines) is 1. The number of hydrogen-bond acceptors (Lipinski definition) is 3. The van der Waals surface area contributed by atoms with Gasteiger partial charge in [-0.1, -0.05) is 41.4 Å². The van der Waals surface area contributed by atoms with E-state index in [4.69, 9.17) is 23.2 Å². The first-order valence-electron chi connectivity index (χ1n) is 9.87. The van der Waals surface area contributed by atoms with Crippen LogP contribution in [0.25, 0.3) is 0 Å². The fourth-order valence-electron chi connectivity index (χ4n) is 4.61. The van der Waals surface area contributed by atoms with E-state index in [2.05, 4.69) is 10.6 Å². The molecule has 2 fully saturated rings. The standard InChI is InChI=1S/C22H21Cl2N3O2/c23-14-5-6-16(17(24)13-14)21(7-8-21)20(29)27-11-9-22(10-12-27)25-18-4-2-1-3-15(18)19(28)26-22/h1-6,13,25H,7-12H2,(H,26,28). The predicted octanol–water partition coefficient (Wildman–Crippen LogP) is 4.20. The second-order valence-corrected chi connectivity index (χ2v) is 9.05. The molecule has 7 heteroatoms. The number of benzene rings is 2. The van der Waals surface area contributed by atoms with Crippen molar-refractivity contribution in [2.45, 2.75) is 36.8 Å². The molecule has 2 N–H and O–H groups in total. The maximum absolute atomic E-state index is 13.4. The number of hydrogen-bond donors (Lipinski definition) is 2. The van der Waals surface area contributed by atoms with Gasteiger partial charge in [0, 0.05) is 41.7 Å². The van der Waals surface area contributed by atoms with Crippen molar-refractivity contribution in [2.24, 2.45) is 0 Å². The number of amides is 2. The third kappa shape index (κ3) is 3.08. The summed E-state index contributed by atoms with van der Waals surface area (Å²) >= 11 is 12.4. The summed E-state index contributed by atoms with van der Waals surface area (Å²) in [6, 6.07) is 12.9. The van der Waals surface area contributed by atoms with Gasteiger partial charge in [-0.3, -0.25) is 9.59 Å². The topological polar surface area (TPSA) is 61.4 Å². The zero-order valence-electron chi connectivity index (χ0n) is 15.8. The predicted molar refractivity (Wildman–Crippen MR) is 113 cm³/mol. The zero-order valence-corrected chi connectivity index (χ0v) is 17.3. The van der Waals surface area contributed by atoms with Gasteiger partial charge in [-0.2, -0.15) is 0 Å². The SMILES string of the molecule is O=C1NC2(CCN(C(=O)C3(c4ccc(Cl)cc4Cl)CC3)CC2)Nc2ccccc21. The van der Waals surface area contributed by atoms with E-state index in [9.17, 15) is 9.59 Å². The molecule has 2 amide bonds. The molecule has 2 aliphatic heterocycles. The van der Waals surface area contributed by atoms with E-state index in [-0.39, 0.29) is 11.8 Å². The number of para-hydroxylation sites is 1. The molecule has 1 saturated carbocycles. The Balaban J connectivity index is 1.32. The van der Waals surface area contributed by atoms with Crippen LogP contribution in [0.1, 0.15) is 41.6 Å². The van der Waals surface area contributed by atoms with Crippen LogP contribution in [-0.4, -0.2) is 35.5 Å². The van der Waals surface area contributed by atoms with Crippen LogP contribution in [0.5, 0.6) is 0 Å². The van der Waals surface area contributed by atoms with Gasteiger partial charge in [0.25, 0.3) is 5.91 Å². The Labute approximate surface area is 179 Å². The van der Waals surface area contributed by atoms with Crippen molar-refractivity contribution in [3.8, 4) is 0 Å². The van der Waals surface area contributed by atoms with Gasteiger partial charge >= 0.3 is 0 Å². The molecule has 0 radical (unpaired) electrons. The first-order chi connectivity index (χ1) is 13.9. The van der Waals surface area contributed by atoms with Gasteiger partial charge in [-0.25, -0.2) is 0 Å². The summed E-state index contributed by atoms with van der Waals surface area (Å²) in [5.74, 6) is 0.0600. The lowest BCUT2D eigenvalue weighted by Gasteiger charge is -2.46. The molecule has 5 nitrogen and oxygen atoms in total. The second kappa shape index (κ2) is 6.64. The van der Waals surface area contributed by atoms with Crippen LogP contribution >= 0.6 is 23.2 Å². The third-order valence-electron chi connectivity index (χ3n) is 6.41. The Bertz CT molecular complexity index is 1010. The minimum absolute atomic E-state index is 0.0641. The molecule has 0 unspecified atom stereocenters. The summed E-state index contributed by atoms with van der Waals surface area (Å²) in [7, 11) is 0. The third-order valence-corrected chi connectivity index (χ3v) is 6.96. The average Bonchev–Trinajstić information content (AvgIpc) is 3.50. The molecule has 2 aromatic carbocycles. The molecular formula is C22H21Cl2N3O2. The van der Waals surface area contributed by atoms with Crippen molar-refractivity contribution in [1.29, 1.82) is 0 Å². The first kappa shape index (κ1) is 18.8. The maximum atomic E-state index is 13.4. The molecule has 3 aliphatic rings. The maximum Gasteiger partial charge on any atom is 0.255 e. The van der Waals surface area contributed by atoms with E-state index in [0.717, 1.165) is 24.1 Å². The fourth-order valence-corrected chi connectivity index (χ4v) is 5.20. The molecule has 0 atom stereocenters. The van der Waals surface area contributed by atoms with E-state index in [0.29, 0.717) is 41.5 Å². The number of carbonyl (C=O) groups excluding carboxylic acids is 2. The van der Waals surface area contributed by atoms with E-state index in [1.165, 1.54) is 0 Å². The molecule has 0 aromatic heterocycles. The Hall–Kier alpha value is -2.24. The Morgan fingerprint density at radius 1 is 0.966 bits per heavy atom. The molecule has 0 bridgehead atoms. The van der Waals surface area contributed by atoms with E-state index in [1.807, 2.05) is 35.2 Å². The largest absolute Gasteiger partial charge is 0.362 e. The lowest BCUT2D eigenvalue weighted by molar-refractivity contribution is -0.135. The van der Waals surface area contributed by atoms with E-state index in [1.54, 1.807) is 12.1 Å². The molecular weight excluding hydrogens is 409 g/mol. The Kier molecular flexibility index (Phi) is 4.30. The normalized spacial score (nSPS) is 21.2. The van der Waals surface area contributed by atoms with Crippen LogP contribution in [0.2, 0.25) is 10.0 Å². The molecule has 29 heavy (non-hydrogen) atoms. The minimum atomic E-state index is -0.526. The van der Waals surface area contributed by atoms with Crippen LogP contribution in [0.15, 0.2) is 42.5 Å². The van der Waals surface area contributed by atoms with Crippen molar-refractivity contribution >= 4 is 40.7 Å².